The van der Waals surface area contributed by atoms with Crippen LogP contribution >= 0.6 is 11.8 Å². The maximum absolute atomic E-state index is 5.30. The minimum Gasteiger partial charge on any atom is -0.481 e. The highest BCUT2D eigenvalue weighted by Gasteiger charge is 2.22. The predicted octanol–water partition coefficient (Wildman–Crippen LogP) is 3.78. The standard InChI is InChI=1S/C19H20N4O2S/c1-12-10-13(2)21-19(20-12)26-17(14-8-6-5-7-9-14)18-22-15(24-3)11-16(23-18)25-4/h5-11,17H,1-4H3/t17-/m0/s1. The van der Waals surface area contributed by atoms with Crippen LogP contribution in [-0.2, 0) is 0 Å². The Bertz CT molecular complexity index is 847. The molecule has 2 heterocycles. The molecule has 6 nitrogen and oxygen atoms in total. The Morgan fingerprint density at radius 2 is 1.38 bits per heavy atom. The van der Waals surface area contributed by atoms with Crippen LogP contribution in [0.3, 0.4) is 0 Å². The molecule has 0 fully saturated rings. The number of methoxy groups -OCH3 is 2. The van der Waals surface area contributed by atoms with Crippen molar-refractivity contribution >= 4 is 11.8 Å². The normalized spacial score (nSPS) is 11.8. The van der Waals surface area contributed by atoms with E-state index in [1.165, 1.54) is 11.8 Å². The molecule has 0 radical (unpaired) electrons. The van der Waals surface area contributed by atoms with E-state index in [1.54, 1.807) is 20.3 Å². The number of nitrogens with zero attached hydrogens (tertiary/aromatic N) is 4. The highest BCUT2D eigenvalue weighted by molar-refractivity contribution is 7.99. The van der Waals surface area contributed by atoms with Crippen LogP contribution < -0.4 is 9.47 Å². The van der Waals surface area contributed by atoms with Gasteiger partial charge in [0.05, 0.1) is 25.5 Å². The van der Waals surface area contributed by atoms with Gasteiger partial charge in [-0.05, 0) is 25.5 Å². The van der Waals surface area contributed by atoms with Gasteiger partial charge in [-0.2, -0.15) is 9.97 Å². The zero-order valence-corrected chi connectivity index (χ0v) is 15.9. The molecule has 0 aliphatic carbocycles. The van der Waals surface area contributed by atoms with Crippen molar-refractivity contribution in [1.82, 2.24) is 19.9 Å². The maximum atomic E-state index is 5.30. The van der Waals surface area contributed by atoms with Gasteiger partial charge < -0.3 is 9.47 Å². The summed E-state index contributed by atoms with van der Waals surface area (Å²) in [5.41, 5.74) is 2.91. The average molecular weight is 368 g/mol. The molecule has 3 rings (SSSR count). The first-order chi connectivity index (χ1) is 12.6. The van der Waals surface area contributed by atoms with Crippen molar-refractivity contribution in [2.45, 2.75) is 24.3 Å². The topological polar surface area (TPSA) is 70.0 Å². The third-order valence-corrected chi connectivity index (χ3v) is 4.75. The molecule has 134 valence electrons. The summed E-state index contributed by atoms with van der Waals surface area (Å²) in [6, 6.07) is 13.6. The van der Waals surface area contributed by atoms with E-state index in [-0.39, 0.29) is 5.25 Å². The summed E-state index contributed by atoms with van der Waals surface area (Å²) in [6.07, 6.45) is 0. The first-order valence-corrected chi connectivity index (χ1v) is 8.98. The molecule has 0 aliphatic heterocycles. The molecule has 0 spiro atoms. The highest BCUT2D eigenvalue weighted by atomic mass is 32.2. The van der Waals surface area contributed by atoms with Gasteiger partial charge in [0.1, 0.15) is 0 Å². The molecule has 26 heavy (non-hydrogen) atoms. The van der Waals surface area contributed by atoms with E-state index in [9.17, 15) is 0 Å². The number of aryl methyl sites for hydroxylation is 2. The Hall–Kier alpha value is -2.67. The number of aromatic nitrogens is 4. The molecule has 0 saturated heterocycles. The predicted molar refractivity (Wildman–Crippen MR) is 101 cm³/mol. The van der Waals surface area contributed by atoms with Crippen molar-refractivity contribution in [3.05, 3.63) is 65.2 Å². The highest BCUT2D eigenvalue weighted by Crippen LogP contribution is 2.38. The second-order valence-electron chi connectivity index (χ2n) is 5.65. The molecule has 0 N–H and O–H groups in total. The van der Waals surface area contributed by atoms with E-state index in [0.717, 1.165) is 17.0 Å². The molecular formula is C19H20N4O2S. The van der Waals surface area contributed by atoms with Gasteiger partial charge in [0, 0.05) is 11.4 Å². The lowest BCUT2D eigenvalue weighted by atomic mass is 10.1. The lowest BCUT2D eigenvalue weighted by Crippen LogP contribution is -2.07. The number of thioether (sulfide) groups is 1. The third kappa shape index (κ3) is 4.29. The smallest absolute Gasteiger partial charge is 0.220 e. The van der Waals surface area contributed by atoms with Crippen molar-refractivity contribution in [3.63, 3.8) is 0 Å². The van der Waals surface area contributed by atoms with Crippen molar-refractivity contribution in [2.75, 3.05) is 14.2 Å². The fraction of sp³-hybridized carbons (Fsp3) is 0.263. The molecule has 7 heteroatoms. The van der Waals surface area contributed by atoms with Crippen molar-refractivity contribution in [3.8, 4) is 11.8 Å². The zero-order chi connectivity index (χ0) is 18.5. The van der Waals surface area contributed by atoms with Gasteiger partial charge in [-0.1, -0.05) is 42.1 Å². The lowest BCUT2D eigenvalue weighted by Gasteiger charge is -2.16. The molecule has 3 aromatic rings. The second kappa shape index (κ2) is 8.14. The van der Waals surface area contributed by atoms with Crippen LogP contribution in [0.15, 0.2) is 47.6 Å². The van der Waals surface area contributed by atoms with Gasteiger partial charge in [-0.15, -0.1) is 0 Å². The fourth-order valence-electron chi connectivity index (χ4n) is 2.50. The molecular weight excluding hydrogens is 348 g/mol. The Morgan fingerprint density at radius 3 is 1.92 bits per heavy atom. The quantitative estimate of drug-likeness (QED) is 0.484. The zero-order valence-electron chi connectivity index (χ0n) is 15.1. The van der Waals surface area contributed by atoms with E-state index in [4.69, 9.17) is 9.47 Å². The van der Waals surface area contributed by atoms with E-state index in [2.05, 4.69) is 19.9 Å². The van der Waals surface area contributed by atoms with Crippen LogP contribution in [0.4, 0.5) is 0 Å². The fourth-order valence-corrected chi connectivity index (χ4v) is 3.60. The molecule has 0 saturated carbocycles. The maximum Gasteiger partial charge on any atom is 0.220 e. The lowest BCUT2D eigenvalue weighted by molar-refractivity contribution is 0.368. The first kappa shape index (κ1) is 18.1. The first-order valence-electron chi connectivity index (χ1n) is 8.10. The summed E-state index contributed by atoms with van der Waals surface area (Å²) >= 11 is 1.50. The molecule has 0 amide bonds. The Labute approximate surface area is 157 Å². The van der Waals surface area contributed by atoms with Crippen molar-refractivity contribution < 1.29 is 9.47 Å². The summed E-state index contributed by atoms with van der Waals surface area (Å²) in [7, 11) is 3.15. The summed E-state index contributed by atoms with van der Waals surface area (Å²) in [5, 5.41) is 0.489. The van der Waals surface area contributed by atoms with E-state index >= 15 is 0 Å². The number of benzene rings is 1. The van der Waals surface area contributed by atoms with E-state index in [0.29, 0.717) is 22.7 Å². The second-order valence-corrected chi connectivity index (χ2v) is 6.72. The SMILES string of the molecule is COc1cc(OC)nc([C@@H](Sc2nc(C)cc(C)n2)c2ccccc2)n1. The van der Waals surface area contributed by atoms with Crippen molar-refractivity contribution in [1.29, 1.82) is 0 Å². The largest absolute Gasteiger partial charge is 0.481 e. The van der Waals surface area contributed by atoms with Crippen LogP contribution in [0.25, 0.3) is 0 Å². The molecule has 0 aliphatic rings. The Balaban J connectivity index is 2.07. The minimum absolute atomic E-state index is 0.193. The van der Waals surface area contributed by atoms with Crippen LogP contribution in [0, 0.1) is 13.8 Å². The molecule has 1 aromatic carbocycles. The van der Waals surface area contributed by atoms with E-state index < -0.39 is 0 Å². The Kier molecular flexibility index (Phi) is 5.68. The van der Waals surface area contributed by atoms with Crippen LogP contribution in [0.2, 0.25) is 0 Å². The van der Waals surface area contributed by atoms with Gasteiger partial charge >= 0.3 is 0 Å². The van der Waals surface area contributed by atoms with E-state index in [1.807, 2.05) is 50.2 Å². The van der Waals surface area contributed by atoms with Crippen LogP contribution in [0.5, 0.6) is 11.8 Å². The van der Waals surface area contributed by atoms with Crippen LogP contribution in [-0.4, -0.2) is 34.2 Å². The number of rotatable bonds is 6. The number of ether oxygens (including phenoxy) is 2. The van der Waals surface area contributed by atoms with Crippen molar-refractivity contribution in [2.24, 2.45) is 0 Å². The van der Waals surface area contributed by atoms with Gasteiger partial charge in [-0.3, -0.25) is 0 Å². The van der Waals surface area contributed by atoms with Gasteiger partial charge in [-0.25, -0.2) is 9.97 Å². The summed E-state index contributed by atoms with van der Waals surface area (Å²) < 4.78 is 10.6. The molecule has 1 atom stereocenters. The minimum atomic E-state index is -0.193. The molecule has 0 unspecified atom stereocenters. The summed E-state index contributed by atoms with van der Waals surface area (Å²) in [4.78, 5) is 18.1. The number of hydrogen-bond acceptors (Lipinski definition) is 7. The molecule has 0 bridgehead atoms. The molecule has 2 aromatic heterocycles. The average Bonchev–Trinajstić information content (AvgIpc) is 2.65. The van der Waals surface area contributed by atoms with Gasteiger partial charge in [0.15, 0.2) is 11.0 Å². The van der Waals surface area contributed by atoms with Gasteiger partial charge in [0.2, 0.25) is 11.8 Å². The third-order valence-electron chi connectivity index (χ3n) is 3.64. The number of hydrogen-bond donors (Lipinski definition) is 0. The monoisotopic (exact) mass is 368 g/mol. The van der Waals surface area contributed by atoms with Gasteiger partial charge in [0.25, 0.3) is 0 Å². The summed E-state index contributed by atoms with van der Waals surface area (Å²) in [6.45, 7) is 3.92. The van der Waals surface area contributed by atoms with Crippen LogP contribution in [0.1, 0.15) is 28.0 Å². The summed E-state index contributed by atoms with van der Waals surface area (Å²) in [5.74, 6) is 1.49. The Morgan fingerprint density at radius 1 is 0.808 bits per heavy atom.